The predicted molar refractivity (Wildman–Crippen MR) is 192 cm³/mol. The van der Waals surface area contributed by atoms with E-state index in [9.17, 15) is 19.2 Å². The van der Waals surface area contributed by atoms with Crippen LogP contribution in [0, 0.1) is 22.7 Å². The Bertz CT molecular complexity index is 789. The molecule has 15 heteroatoms. The lowest BCUT2D eigenvalue weighted by Gasteiger charge is -2.27. The highest BCUT2D eigenvalue weighted by Crippen LogP contribution is 2.30. The number of carbonyl (C=O) groups excluding carboxylic acids is 4. The van der Waals surface area contributed by atoms with Gasteiger partial charge in [0.25, 0.3) is 0 Å². The molecule has 0 aromatic heterocycles. The second kappa shape index (κ2) is 34.4. The summed E-state index contributed by atoms with van der Waals surface area (Å²) in [4.78, 5) is 52.1. The van der Waals surface area contributed by atoms with Crippen LogP contribution in [0.3, 0.4) is 0 Å². The Hall–Kier alpha value is -1.74. The summed E-state index contributed by atoms with van der Waals surface area (Å²) in [7, 11) is 3.93. The van der Waals surface area contributed by atoms with E-state index >= 15 is 0 Å². The maximum Gasteiger partial charge on any atom is 0.311 e. The van der Waals surface area contributed by atoms with Gasteiger partial charge in [-0.25, -0.2) is 0 Å². The fourth-order valence-electron chi connectivity index (χ4n) is 4.75. The van der Waals surface area contributed by atoms with Gasteiger partial charge in [0.05, 0.1) is 35.8 Å². The lowest BCUT2D eigenvalue weighted by atomic mass is 9.81. The van der Waals surface area contributed by atoms with Gasteiger partial charge in [0.15, 0.2) is 13.6 Å². The van der Waals surface area contributed by atoms with Crippen LogP contribution in [-0.4, -0.2) is 121 Å². The van der Waals surface area contributed by atoms with E-state index in [1.165, 1.54) is 19.1 Å². The standard InChI is InChI=1S/2C17H33NO5.CH4O.2ClH/c2*1-7-14(15(19)23-13-21-6)12-17(4,5)16(20)22-11-10-18(8-2)9-3;1-2;;/h2*14H,7-13H2,1-6H3;2H,1H3;2*1H. The molecule has 0 rings (SSSR count). The highest BCUT2D eigenvalue weighted by molar-refractivity contribution is 5.85. The summed E-state index contributed by atoms with van der Waals surface area (Å²) in [5.41, 5.74) is -1.44. The van der Waals surface area contributed by atoms with Crippen molar-refractivity contribution in [2.75, 3.05) is 87.4 Å². The number of hydrogen-bond donors (Lipinski definition) is 2. The van der Waals surface area contributed by atoms with Crippen molar-refractivity contribution in [1.29, 1.82) is 0 Å². The number of nitrogens with one attached hydrogen (secondary N) is 1. The number of esters is 4. The first kappa shape index (κ1) is 57.6. The number of aliphatic hydroxyl groups excluding tert-OH is 1. The topological polar surface area (TPSA) is 152 Å². The van der Waals surface area contributed by atoms with Crippen LogP contribution in [0.15, 0.2) is 0 Å². The normalized spacial score (nSPS) is 12.1. The van der Waals surface area contributed by atoms with Gasteiger partial charge in [-0.3, -0.25) is 19.2 Å². The van der Waals surface area contributed by atoms with Gasteiger partial charge < -0.3 is 55.7 Å². The number of ether oxygens (including phenoxy) is 6. The van der Waals surface area contributed by atoms with E-state index in [2.05, 4.69) is 32.6 Å². The summed E-state index contributed by atoms with van der Waals surface area (Å²) < 4.78 is 30.3. The van der Waals surface area contributed by atoms with Gasteiger partial charge in [-0.05, 0) is 80.3 Å². The van der Waals surface area contributed by atoms with Crippen molar-refractivity contribution in [2.24, 2.45) is 22.7 Å². The number of hydrogen-bond acceptors (Lipinski definition) is 12. The largest absolute Gasteiger partial charge is 1.00 e. The number of quaternary nitrogens is 1. The molecule has 2 unspecified atom stereocenters. The molecule has 0 aliphatic rings. The third kappa shape index (κ3) is 26.1. The highest BCUT2D eigenvalue weighted by Gasteiger charge is 2.36. The molecule has 302 valence electrons. The Kier molecular flexibility index (Phi) is 39.6. The minimum atomic E-state index is -0.726. The van der Waals surface area contributed by atoms with Crippen molar-refractivity contribution in [2.45, 2.75) is 94.9 Å². The summed E-state index contributed by atoms with van der Waals surface area (Å²) >= 11 is 0. The number of carbonyl (C=O) groups is 4. The zero-order valence-electron chi connectivity index (χ0n) is 33.3. The van der Waals surface area contributed by atoms with Gasteiger partial charge in [0.2, 0.25) is 0 Å². The van der Waals surface area contributed by atoms with Crippen LogP contribution in [0.2, 0.25) is 0 Å². The Morgan fingerprint density at radius 3 is 1.32 bits per heavy atom. The maximum atomic E-state index is 12.3. The molecule has 0 radical (unpaired) electrons. The molecule has 0 spiro atoms. The van der Waals surface area contributed by atoms with Crippen LogP contribution in [0.4, 0.5) is 0 Å². The van der Waals surface area contributed by atoms with Gasteiger partial charge in [0.1, 0.15) is 19.8 Å². The second-order valence-corrected chi connectivity index (χ2v) is 12.6. The first-order valence-electron chi connectivity index (χ1n) is 17.3. The average Bonchev–Trinajstić information content (AvgIpc) is 3.08. The molecule has 0 saturated heterocycles. The lowest BCUT2D eigenvalue weighted by Crippen LogP contribution is -3.11. The predicted octanol–water partition coefficient (Wildman–Crippen LogP) is 0.539. The molecule has 2 N–H and O–H groups in total. The smallest absolute Gasteiger partial charge is 0.311 e. The van der Waals surface area contributed by atoms with E-state index in [1.54, 1.807) is 13.8 Å². The molecule has 50 heavy (non-hydrogen) atoms. The molecule has 0 bridgehead atoms. The van der Waals surface area contributed by atoms with E-state index in [0.29, 0.717) is 38.9 Å². The zero-order valence-corrected chi connectivity index (χ0v) is 34.9. The summed E-state index contributed by atoms with van der Waals surface area (Å²) in [5.74, 6) is -1.87. The third-order valence-corrected chi connectivity index (χ3v) is 8.13. The van der Waals surface area contributed by atoms with Crippen molar-refractivity contribution in [1.82, 2.24) is 4.90 Å². The molecule has 0 fully saturated rings. The van der Waals surface area contributed by atoms with Crippen LogP contribution in [0.5, 0.6) is 0 Å². The molecule has 13 nitrogen and oxygen atoms in total. The maximum absolute atomic E-state index is 12.3. The molecular weight excluding hydrogens is 695 g/mol. The van der Waals surface area contributed by atoms with E-state index in [0.717, 1.165) is 46.4 Å². The first-order valence-corrected chi connectivity index (χ1v) is 17.3. The van der Waals surface area contributed by atoms with E-state index in [4.69, 9.17) is 33.5 Å². The van der Waals surface area contributed by atoms with Gasteiger partial charge in [0, 0.05) is 27.9 Å². The first-order chi connectivity index (χ1) is 22.6. The van der Waals surface area contributed by atoms with Crippen molar-refractivity contribution < 1.29 is 70.0 Å². The summed E-state index contributed by atoms with van der Waals surface area (Å²) in [6.45, 7) is 25.5. The van der Waals surface area contributed by atoms with Gasteiger partial charge in [-0.2, -0.15) is 0 Å². The average molecular weight is 768 g/mol. The number of nitrogens with zero attached hydrogens (tertiary/aromatic N) is 1. The highest BCUT2D eigenvalue weighted by atomic mass is 35.5. The molecular formula is C35H72Cl2N2O11. The van der Waals surface area contributed by atoms with Crippen LogP contribution in [0.1, 0.15) is 94.9 Å². The van der Waals surface area contributed by atoms with Crippen LogP contribution in [-0.2, 0) is 47.6 Å². The van der Waals surface area contributed by atoms with Crippen LogP contribution >= 0.6 is 12.4 Å². The Morgan fingerprint density at radius 2 is 1.02 bits per heavy atom. The van der Waals surface area contributed by atoms with E-state index in [1.807, 2.05) is 27.7 Å². The van der Waals surface area contributed by atoms with Crippen molar-refractivity contribution >= 4 is 36.3 Å². The fraction of sp³-hybridized carbons (Fsp3) is 0.886. The Morgan fingerprint density at radius 1 is 0.660 bits per heavy atom. The van der Waals surface area contributed by atoms with Crippen molar-refractivity contribution in [3.8, 4) is 0 Å². The quantitative estimate of drug-likeness (QED) is 0.0802. The summed E-state index contributed by atoms with van der Waals surface area (Å²) in [6.07, 6.45) is 2.03. The molecule has 0 aliphatic heterocycles. The minimum absolute atomic E-state index is 0. The minimum Gasteiger partial charge on any atom is -1.00 e. The van der Waals surface area contributed by atoms with Crippen LogP contribution in [0.25, 0.3) is 0 Å². The van der Waals surface area contributed by atoms with Gasteiger partial charge in [-0.15, -0.1) is 12.4 Å². The monoisotopic (exact) mass is 766 g/mol. The zero-order chi connectivity index (χ0) is 37.8. The summed E-state index contributed by atoms with van der Waals surface area (Å²) in [5, 5.41) is 7.00. The summed E-state index contributed by atoms with van der Waals surface area (Å²) in [6, 6.07) is 0. The van der Waals surface area contributed by atoms with Crippen molar-refractivity contribution in [3.05, 3.63) is 0 Å². The second-order valence-electron chi connectivity index (χ2n) is 12.6. The lowest BCUT2D eigenvalue weighted by molar-refractivity contribution is -0.896. The number of aliphatic hydroxyl groups is 1. The molecule has 0 saturated carbocycles. The van der Waals surface area contributed by atoms with Crippen molar-refractivity contribution in [3.63, 3.8) is 0 Å². The molecule has 0 heterocycles. The molecule has 0 aromatic rings. The third-order valence-electron chi connectivity index (χ3n) is 8.13. The fourth-order valence-corrected chi connectivity index (χ4v) is 4.75. The van der Waals surface area contributed by atoms with Gasteiger partial charge in [-0.1, -0.05) is 27.7 Å². The van der Waals surface area contributed by atoms with Crippen LogP contribution < -0.4 is 17.3 Å². The van der Waals surface area contributed by atoms with E-state index < -0.39 is 10.8 Å². The number of rotatable bonds is 24. The molecule has 2 atom stereocenters. The van der Waals surface area contributed by atoms with Gasteiger partial charge >= 0.3 is 23.9 Å². The molecule has 0 amide bonds. The Labute approximate surface area is 315 Å². The van der Waals surface area contributed by atoms with E-state index in [-0.39, 0.29) is 74.1 Å². The Balaban J connectivity index is -0.000000248. The molecule has 0 aliphatic carbocycles. The SMILES string of the molecule is CCC(CC(C)(C)C(=O)OCCN(CC)CC)C(=O)OCOC.CCC(CC(C)(C)C(=O)OCC[NH+](CC)CC)C(=O)OCOC.CO.Cl.[Cl-]. The number of halogens is 2. The molecule has 0 aromatic carbocycles. The number of methoxy groups -OCH3 is 2. The number of likely N-dealkylation sites (N-methyl/N-ethyl adjacent to an activating group) is 2.